The standard InChI is InChI=1S/C13H11BrN4O/c14-9-6-15-13(16-7-9)17-10-3-1-8-2-4-12(19)18-11(8)5-10/h1,3,5-7H,2,4H2,(H,18,19)(H,15,16,17). The third kappa shape index (κ3) is 2.73. The third-order valence-electron chi connectivity index (χ3n) is 2.88. The van der Waals surface area contributed by atoms with E-state index in [-0.39, 0.29) is 5.91 Å². The van der Waals surface area contributed by atoms with E-state index in [1.807, 2.05) is 18.2 Å². The Balaban J connectivity index is 1.84. The smallest absolute Gasteiger partial charge is 0.227 e. The number of aromatic nitrogens is 2. The van der Waals surface area contributed by atoms with E-state index in [4.69, 9.17) is 0 Å². The summed E-state index contributed by atoms with van der Waals surface area (Å²) in [7, 11) is 0. The van der Waals surface area contributed by atoms with Crippen LogP contribution in [-0.4, -0.2) is 15.9 Å². The molecule has 0 bridgehead atoms. The van der Waals surface area contributed by atoms with Crippen molar-refractivity contribution in [3.05, 3.63) is 40.6 Å². The Morgan fingerprint density at radius 1 is 1.21 bits per heavy atom. The fraction of sp³-hybridized carbons (Fsp3) is 0.154. The summed E-state index contributed by atoms with van der Waals surface area (Å²) in [5.74, 6) is 0.579. The van der Waals surface area contributed by atoms with Crippen molar-refractivity contribution >= 4 is 39.2 Å². The minimum Gasteiger partial charge on any atom is -0.326 e. The Kier molecular flexibility index (Phi) is 3.16. The molecule has 1 aliphatic heterocycles. The Labute approximate surface area is 118 Å². The van der Waals surface area contributed by atoms with E-state index in [1.165, 1.54) is 0 Å². The molecule has 0 unspecified atom stereocenters. The predicted molar refractivity (Wildman–Crippen MR) is 76.4 cm³/mol. The van der Waals surface area contributed by atoms with E-state index in [2.05, 4.69) is 36.5 Å². The number of nitrogens with one attached hydrogen (secondary N) is 2. The fourth-order valence-corrected chi connectivity index (χ4v) is 2.16. The van der Waals surface area contributed by atoms with Gasteiger partial charge in [0.15, 0.2) is 0 Å². The van der Waals surface area contributed by atoms with E-state index in [9.17, 15) is 4.79 Å². The largest absolute Gasteiger partial charge is 0.326 e. The summed E-state index contributed by atoms with van der Waals surface area (Å²) < 4.78 is 0.829. The molecule has 1 aromatic carbocycles. The maximum absolute atomic E-state index is 11.4. The molecule has 0 aliphatic carbocycles. The molecule has 5 nitrogen and oxygen atoms in total. The number of fused-ring (bicyclic) bond motifs is 1. The summed E-state index contributed by atoms with van der Waals surface area (Å²) in [4.78, 5) is 19.7. The molecule has 0 radical (unpaired) electrons. The molecule has 2 heterocycles. The van der Waals surface area contributed by atoms with E-state index >= 15 is 0 Å². The van der Waals surface area contributed by atoms with Gasteiger partial charge in [0.1, 0.15) is 0 Å². The van der Waals surface area contributed by atoms with Crippen LogP contribution in [0.5, 0.6) is 0 Å². The van der Waals surface area contributed by atoms with Crippen LogP contribution in [0.25, 0.3) is 0 Å². The number of carbonyl (C=O) groups excluding carboxylic acids is 1. The Bertz CT molecular complexity index is 627. The van der Waals surface area contributed by atoms with E-state index in [0.717, 1.165) is 27.8 Å². The monoisotopic (exact) mass is 318 g/mol. The zero-order valence-corrected chi connectivity index (χ0v) is 11.6. The van der Waals surface area contributed by atoms with Gasteiger partial charge in [0.05, 0.1) is 4.47 Å². The average molecular weight is 319 g/mol. The summed E-state index contributed by atoms with van der Waals surface area (Å²) in [6, 6.07) is 5.87. The molecule has 19 heavy (non-hydrogen) atoms. The Morgan fingerprint density at radius 3 is 2.79 bits per heavy atom. The molecule has 1 aliphatic rings. The minimum absolute atomic E-state index is 0.0598. The molecule has 6 heteroatoms. The lowest BCUT2D eigenvalue weighted by molar-refractivity contribution is -0.116. The van der Waals surface area contributed by atoms with Crippen LogP contribution in [0.1, 0.15) is 12.0 Å². The number of carbonyl (C=O) groups is 1. The number of amides is 1. The van der Waals surface area contributed by atoms with Crippen molar-refractivity contribution in [1.82, 2.24) is 9.97 Å². The van der Waals surface area contributed by atoms with Gasteiger partial charge in [-0.05, 0) is 40.0 Å². The lowest BCUT2D eigenvalue weighted by Gasteiger charge is -2.17. The van der Waals surface area contributed by atoms with Gasteiger partial charge in [0.2, 0.25) is 11.9 Å². The molecule has 0 fully saturated rings. The van der Waals surface area contributed by atoms with Crippen LogP contribution in [0.3, 0.4) is 0 Å². The zero-order chi connectivity index (χ0) is 13.2. The molecule has 0 atom stereocenters. The molecule has 0 saturated heterocycles. The number of benzene rings is 1. The van der Waals surface area contributed by atoms with Crippen molar-refractivity contribution in [1.29, 1.82) is 0 Å². The molecule has 2 N–H and O–H groups in total. The normalized spacial score (nSPS) is 13.6. The van der Waals surface area contributed by atoms with Gasteiger partial charge in [0.25, 0.3) is 0 Å². The second-order valence-electron chi connectivity index (χ2n) is 4.27. The van der Waals surface area contributed by atoms with Crippen molar-refractivity contribution in [3.63, 3.8) is 0 Å². The van der Waals surface area contributed by atoms with Gasteiger partial charge in [0, 0.05) is 30.2 Å². The number of halogens is 1. The first kappa shape index (κ1) is 12.1. The van der Waals surface area contributed by atoms with Gasteiger partial charge < -0.3 is 10.6 Å². The summed E-state index contributed by atoms with van der Waals surface area (Å²) >= 11 is 3.29. The Hall–Kier alpha value is -1.95. The molecular weight excluding hydrogens is 308 g/mol. The number of hydrogen-bond acceptors (Lipinski definition) is 4. The van der Waals surface area contributed by atoms with E-state index in [1.54, 1.807) is 12.4 Å². The molecule has 96 valence electrons. The highest BCUT2D eigenvalue weighted by Crippen LogP contribution is 2.26. The average Bonchev–Trinajstić information content (AvgIpc) is 2.41. The number of aryl methyl sites for hydroxylation is 1. The van der Waals surface area contributed by atoms with Crippen LogP contribution in [0, 0.1) is 0 Å². The second kappa shape index (κ2) is 4.97. The van der Waals surface area contributed by atoms with Gasteiger partial charge >= 0.3 is 0 Å². The lowest BCUT2D eigenvalue weighted by Crippen LogP contribution is -2.18. The molecule has 1 aromatic heterocycles. The van der Waals surface area contributed by atoms with Crippen molar-refractivity contribution < 1.29 is 4.79 Å². The van der Waals surface area contributed by atoms with Crippen molar-refractivity contribution in [2.24, 2.45) is 0 Å². The number of rotatable bonds is 2. The fourth-order valence-electron chi connectivity index (χ4n) is 1.96. The predicted octanol–water partition coefficient (Wildman–Crippen LogP) is 2.87. The van der Waals surface area contributed by atoms with Gasteiger partial charge in [-0.3, -0.25) is 4.79 Å². The zero-order valence-electron chi connectivity index (χ0n) is 9.98. The molecule has 0 saturated carbocycles. The van der Waals surface area contributed by atoms with Gasteiger partial charge in [-0.1, -0.05) is 6.07 Å². The van der Waals surface area contributed by atoms with Crippen LogP contribution in [0.15, 0.2) is 35.1 Å². The van der Waals surface area contributed by atoms with Crippen molar-refractivity contribution in [3.8, 4) is 0 Å². The van der Waals surface area contributed by atoms with Crippen LogP contribution in [0.4, 0.5) is 17.3 Å². The lowest BCUT2D eigenvalue weighted by atomic mass is 10.0. The third-order valence-corrected chi connectivity index (χ3v) is 3.29. The van der Waals surface area contributed by atoms with Crippen LogP contribution < -0.4 is 10.6 Å². The summed E-state index contributed by atoms with van der Waals surface area (Å²) in [5, 5.41) is 5.97. The van der Waals surface area contributed by atoms with E-state index < -0.39 is 0 Å². The van der Waals surface area contributed by atoms with Crippen molar-refractivity contribution in [2.75, 3.05) is 10.6 Å². The molecule has 1 amide bonds. The first-order chi connectivity index (χ1) is 9.20. The Morgan fingerprint density at radius 2 is 2.00 bits per heavy atom. The highest BCUT2D eigenvalue weighted by Gasteiger charge is 2.14. The maximum Gasteiger partial charge on any atom is 0.227 e. The quantitative estimate of drug-likeness (QED) is 0.893. The molecule has 2 aromatic rings. The number of nitrogens with zero attached hydrogens (tertiary/aromatic N) is 2. The van der Waals surface area contributed by atoms with Crippen LogP contribution in [0.2, 0.25) is 0 Å². The number of hydrogen-bond donors (Lipinski definition) is 2. The SMILES string of the molecule is O=C1CCc2ccc(Nc3ncc(Br)cn3)cc2N1. The van der Waals surface area contributed by atoms with Crippen LogP contribution in [-0.2, 0) is 11.2 Å². The molecule has 0 spiro atoms. The van der Waals surface area contributed by atoms with Gasteiger partial charge in [-0.15, -0.1) is 0 Å². The van der Waals surface area contributed by atoms with Crippen LogP contribution >= 0.6 is 15.9 Å². The maximum atomic E-state index is 11.4. The van der Waals surface area contributed by atoms with Gasteiger partial charge in [-0.25, -0.2) is 9.97 Å². The number of anilines is 3. The first-order valence-electron chi connectivity index (χ1n) is 5.88. The molecular formula is C13H11BrN4O. The van der Waals surface area contributed by atoms with Crippen molar-refractivity contribution in [2.45, 2.75) is 12.8 Å². The first-order valence-corrected chi connectivity index (χ1v) is 6.67. The van der Waals surface area contributed by atoms with E-state index in [0.29, 0.717) is 12.4 Å². The second-order valence-corrected chi connectivity index (χ2v) is 5.19. The highest BCUT2D eigenvalue weighted by atomic mass is 79.9. The summed E-state index contributed by atoms with van der Waals surface area (Å²) in [5.41, 5.74) is 2.86. The molecule has 3 rings (SSSR count). The highest BCUT2D eigenvalue weighted by molar-refractivity contribution is 9.10. The summed E-state index contributed by atoms with van der Waals surface area (Å²) in [6.07, 6.45) is 4.69. The summed E-state index contributed by atoms with van der Waals surface area (Å²) in [6.45, 7) is 0. The topological polar surface area (TPSA) is 66.9 Å². The minimum atomic E-state index is 0.0598. The van der Waals surface area contributed by atoms with Gasteiger partial charge in [-0.2, -0.15) is 0 Å².